The number of nitrogens with zero attached hydrogens (tertiary/aromatic N) is 4. The molecule has 0 aliphatic carbocycles. The molecule has 0 spiro atoms. The van der Waals surface area contributed by atoms with Gasteiger partial charge in [0.25, 0.3) is 0 Å². The highest BCUT2D eigenvalue weighted by Crippen LogP contribution is 2.42. The predicted molar refractivity (Wildman–Crippen MR) is 205 cm³/mol. The molecule has 0 bridgehead atoms. The molecule has 1 unspecified atom stereocenters. The first-order valence-corrected chi connectivity index (χ1v) is 17.9. The van der Waals surface area contributed by atoms with Gasteiger partial charge in [-0.15, -0.1) is 13.2 Å². The second-order valence-corrected chi connectivity index (χ2v) is 14.9. The summed E-state index contributed by atoms with van der Waals surface area (Å²) in [5, 5.41) is 5.77. The number of piperidine rings is 1. The summed E-state index contributed by atoms with van der Waals surface area (Å²) in [5.41, 5.74) is 5.42. The summed E-state index contributed by atoms with van der Waals surface area (Å²) in [6.07, 6.45) is 4.79. The number of halogens is 1. The van der Waals surface area contributed by atoms with Gasteiger partial charge < -0.3 is 23.8 Å². The molecule has 0 N–H and O–H groups in total. The number of benzene rings is 2. The third-order valence-electron chi connectivity index (χ3n) is 9.23. The Labute approximate surface area is 307 Å². The van der Waals surface area contributed by atoms with E-state index in [0.717, 1.165) is 46.6 Å². The smallest absolute Gasteiger partial charge is 0.339 e. The largest absolute Gasteiger partial charge is 0.490 e. The van der Waals surface area contributed by atoms with Crippen LogP contribution in [0.15, 0.2) is 67.8 Å². The molecule has 1 saturated heterocycles. The van der Waals surface area contributed by atoms with Crippen LogP contribution in [0.2, 0.25) is 5.02 Å². The Morgan fingerprint density at radius 3 is 2.47 bits per heavy atom. The average Bonchev–Trinajstić information content (AvgIpc) is 3.50. The van der Waals surface area contributed by atoms with E-state index in [9.17, 15) is 4.79 Å². The van der Waals surface area contributed by atoms with Crippen LogP contribution in [-0.2, 0) is 19.0 Å². The zero-order valence-corrected chi connectivity index (χ0v) is 32.0. The van der Waals surface area contributed by atoms with Crippen LogP contribution in [0.1, 0.15) is 76.8 Å². The number of hydrogen-bond donors (Lipinski definition) is 0. The summed E-state index contributed by atoms with van der Waals surface area (Å²) in [7, 11) is 1.38. The Kier molecular flexibility index (Phi) is 11.6. The van der Waals surface area contributed by atoms with Gasteiger partial charge in [-0.05, 0) is 90.6 Å². The summed E-state index contributed by atoms with van der Waals surface area (Å²) < 4.78 is 26.1. The number of rotatable bonds is 13. The number of hydrogen-bond acceptors (Lipinski definition) is 8. The van der Waals surface area contributed by atoms with Gasteiger partial charge in [-0.3, -0.25) is 0 Å². The third kappa shape index (κ3) is 8.49. The molecule has 10 heteroatoms. The summed E-state index contributed by atoms with van der Waals surface area (Å²) >= 11 is 6.86. The first-order valence-electron chi connectivity index (χ1n) is 17.5. The van der Waals surface area contributed by atoms with Gasteiger partial charge in [0.1, 0.15) is 11.6 Å². The van der Waals surface area contributed by atoms with E-state index >= 15 is 0 Å². The molecule has 4 aromatic rings. The topological polar surface area (TPSA) is 87.4 Å². The number of ether oxygens (including phenoxy) is 4. The number of carbonyl (C=O) groups excluding carboxylic acids is 1. The zero-order valence-electron chi connectivity index (χ0n) is 31.2. The summed E-state index contributed by atoms with van der Waals surface area (Å²) in [5.74, 6) is 0.958. The molecule has 9 nitrogen and oxygen atoms in total. The van der Waals surface area contributed by atoms with Crippen LogP contribution >= 0.6 is 11.6 Å². The molecule has 272 valence electrons. The van der Waals surface area contributed by atoms with Crippen LogP contribution in [-0.4, -0.2) is 64.7 Å². The molecule has 2 aromatic heterocycles. The molecule has 1 aliphatic heterocycles. The van der Waals surface area contributed by atoms with Crippen molar-refractivity contribution in [3.63, 3.8) is 0 Å². The lowest BCUT2D eigenvalue weighted by atomic mass is 9.92. The predicted octanol–water partition coefficient (Wildman–Crippen LogP) is 9.27. The average molecular weight is 715 g/mol. The van der Waals surface area contributed by atoms with Gasteiger partial charge in [0, 0.05) is 42.4 Å². The molecule has 3 heterocycles. The number of fused-ring (bicyclic) bond motifs is 1. The highest BCUT2D eigenvalue weighted by Gasteiger charge is 2.38. The van der Waals surface area contributed by atoms with Crippen molar-refractivity contribution in [2.24, 2.45) is 0 Å². The van der Waals surface area contributed by atoms with Crippen molar-refractivity contribution in [3.05, 3.63) is 89.6 Å². The van der Waals surface area contributed by atoms with Gasteiger partial charge in [-0.25, -0.2) is 9.78 Å². The minimum absolute atomic E-state index is 0.0687. The third-order valence-corrected chi connectivity index (χ3v) is 9.54. The van der Waals surface area contributed by atoms with Crippen molar-refractivity contribution in [2.75, 3.05) is 31.7 Å². The quantitative estimate of drug-likeness (QED) is 0.100. The van der Waals surface area contributed by atoms with E-state index in [1.165, 1.54) is 7.11 Å². The maximum absolute atomic E-state index is 13.4. The van der Waals surface area contributed by atoms with Crippen LogP contribution in [0.3, 0.4) is 0 Å². The Balaban J connectivity index is 1.67. The van der Waals surface area contributed by atoms with E-state index in [1.54, 1.807) is 6.08 Å². The monoisotopic (exact) mass is 714 g/mol. The maximum Gasteiger partial charge on any atom is 0.339 e. The fourth-order valence-electron chi connectivity index (χ4n) is 6.56. The molecule has 5 rings (SSSR count). The van der Waals surface area contributed by atoms with E-state index in [1.807, 2.05) is 69.5 Å². The number of anilines is 1. The van der Waals surface area contributed by atoms with Gasteiger partial charge in [0.15, 0.2) is 11.8 Å². The first-order chi connectivity index (χ1) is 24.2. The molecule has 2 aromatic carbocycles. The second-order valence-electron chi connectivity index (χ2n) is 14.5. The molecular formula is C41H51ClN4O5. The van der Waals surface area contributed by atoms with Gasteiger partial charge >= 0.3 is 5.97 Å². The van der Waals surface area contributed by atoms with Gasteiger partial charge in [0.2, 0.25) is 0 Å². The summed E-state index contributed by atoms with van der Waals surface area (Å²) in [6.45, 7) is 23.4. The summed E-state index contributed by atoms with van der Waals surface area (Å²) in [4.78, 5) is 20.7. The van der Waals surface area contributed by atoms with E-state index in [-0.39, 0.29) is 11.7 Å². The van der Waals surface area contributed by atoms with Crippen molar-refractivity contribution >= 4 is 29.0 Å². The SMILES string of the molecule is C=CCOC1(C)CCN(c2c(C(OC(C)(C)C)C(=O)OC)c(C)nc3cc(-c4ccc(C)c(-c5c(Cl)cccc5O[C@@H](C)CC=C)c4)nn23)CC1. The summed E-state index contributed by atoms with van der Waals surface area (Å²) in [6, 6.07) is 13.9. The molecule has 1 fully saturated rings. The highest BCUT2D eigenvalue weighted by atomic mass is 35.5. The molecule has 1 aliphatic rings. The van der Waals surface area contributed by atoms with Crippen LogP contribution in [0, 0.1) is 13.8 Å². The van der Waals surface area contributed by atoms with Crippen LogP contribution < -0.4 is 9.64 Å². The Hall–Kier alpha value is -4.18. The van der Waals surface area contributed by atoms with Gasteiger partial charge in [-0.1, -0.05) is 42.0 Å². The van der Waals surface area contributed by atoms with Gasteiger partial charge in [-0.2, -0.15) is 9.61 Å². The van der Waals surface area contributed by atoms with Crippen molar-refractivity contribution < 1.29 is 23.7 Å². The Morgan fingerprint density at radius 1 is 1.10 bits per heavy atom. The maximum atomic E-state index is 13.4. The van der Waals surface area contributed by atoms with E-state index in [4.69, 9.17) is 40.6 Å². The molecular weight excluding hydrogens is 664 g/mol. The van der Waals surface area contributed by atoms with Crippen molar-refractivity contribution in [1.29, 1.82) is 0 Å². The molecule has 2 atom stereocenters. The number of aryl methyl sites for hydroxylation is 2. The Morgan fingerprint density at radius 2 is 1.82 bits per heavy atom. The van der Waals surface area contributed by atoms with Crippen molar-refractivity contribution in [1.82, 2.24) is 14.6 Å². The zero-order chi connectivity index (χ0) is 37.1. The first kappa shape index (κ1) is 38.1. The number of aromatic nitrogens is 3. The minimum Gasteiger partial charge on any atom is -0.490 e. The van der Waals surface area contributed by atoms with Crippen molar-refractivity contribution in [2.45, 2.75) is 91.1 Å². The van der Waals surface area contributed by atoms with E-state index in [2.05, 4.69) is 50.1 Å². The molecule has 0 saturated carbocycles. The van der Waals surface area contributed by atoms with Gasteiger partial charge in [0.05, 0.1) is 47.3 Å². The lowest BCUT2D eigenvalue weighted by Crippen LogP contribution is -2.45. The number of methoxy groups -OCH3 is 1. The molecule has 51 heavy (non-hydrogen) atoms. The van der Waals surface area contributed by atoms with Crippen LogP contribution in [0.5, 0.6) is 5.75 Å². The Bertz CT molecular complexity index is 1900. The fraction of sp³-hybridized carbons (Fsp3) is 0.439. The van der Waals surface area contributed by atoms with Crippen LogP contribution in [0.25, 0.3) is 28.0 Å². The van der Waals surface area contributed by atoms with Crippen molar-refractivity contribution in [3.8, 4) is 28.1 Å². The highest BCUT2D eigenvalue weighted by molar-refractivity contribution is 6.33. The second kappa shape index (κ2) is 15.6. The van der Waals surface area contributed by atoms with E-state index < -0.39 is 17.7 Å². The standard InChI is InChI=1S/C41H51ClN4O5/c1-11-14-27(4)50-33-16-13-15-31(42)36(33)30-24-29(18-17-26(30)3)32-25-34-43-28(5)35(37(39(47)48-10)51-40(6,7)8)38(46(34)44-32)45-21-19-41(9,20-22-45)49-23-12-2/h11-13,15-18,24-25,27,37H,1-2,14,19-23H2,3-10H3/t27-,37?/m0/s1. The fourth-order valence-corrected chi connectivity index (χ4v) is 6.83. The number of carbonyl (C=O) groups is 1. The van der Waals surface area contributed by atoms with E-state index in [0.29, 0.717) is 53.8 Å². The lowest BCUT2D eigenvalue weighted by Gasteiger charge is -2.41. The lowest BCUT2D eigenvalue weighted by molar-refractivity contribution is -0.164. The molecule has 0 radical (unpaired) electrons. The molecule has 0 amide bonds. The minimum atomic E-state index is -1.02. The number of esters is 1. The normalized spacial score (nSPS) is 15.7. The van der Waals surface area contributed by atoms with Crippen LogP contribution in [0.4, 0.5) is 5.82 Å².